The van der Waals surface area contributed by atoms with E-state index in [0.717, 1.165) is 16.9 Å². The zero-order chi connectivity index (χ0) is 26.5. The quantitative estimate of drug-likeness (QED) is 0.241. The number of nitrogens with zero attached hydrogens (tertiary/aromatic N) is 2. The Hall–Kier alpha value is -4.50. The first kappa shape index (κ1) is 25.2. The minimum absolute atomic E-state index is 0.112. The maximum atomic E-state index is 12.7. The molecule has 0 bridgehead atoms. The third-order valence-corrected chi connectivity index (χ3v) is 6.67. The molecule has 1 aliphatic rings. The average molecular weight is 527 g/mol. The molecule has 3 heterocycles. The molecule has 0 radical (unpaired) electrons. The van der Waals surface area contributed by atoms with Crippen molar-refractivity contribution in [3.05, 3.63) is 108 Å². The number of rotatable bonds is 8. The summed E-state index contributed by atoms with van der Waals surface area (Å²) in [7, 11) is 1.35. The molecule has 1 aliphatic heterocycles. The van der Waals surface area contributed by atoms with Gasteiger partial charge in [-0.2, -0.15) is 0 Å². The minimum atomic E-state index is -0.417. The first-order valence-corrected chi connectivity index (χ1v) is 12.6. The molecule has 0 saturated carbocycles. The van der Waals surface area contributed by atoms with Gasteiger partial charge in [0.1, 0.15) is 17.6 Å². The lowest BCUT2D eigenvalue weighted by atomic mass is 10.0. The van der Waals surface area contributed by atoms with E-state index in [-0.39, 0.29) is 24.4 Å². The molecule has 38 heavy (non-hydrogen) atoms. The Bertz CT molecular complexity index is 1440. The van der Waals surface area contributed by atoms with E-state index in [1.165, 1.54) is 7.11 Å². The number of carbonyl (C=O) groups is 2. The second-order valence-corrected chi connectivity index (χ2v) is 9.15. The van der Waals surface area contributed by atoms with Crippen LogP contribution in [-0.2, 0) is 9.53 Å². The fourth-order valence-corrected chi connectivity index (χ4v) is 4.84. The maximum Gasteiger partial charge on any atom is 0.337 e. The normalized spacial score (nSPS) is 16.7. The van der Waals surface area contributed by atoms with Gasteiger partial charge in [0, 0.05) is 30.4 Å². The maximum absolute atomic E-state index is 12.7. The van der Waals surface area contributed by atoms with E-state index < -0.39 is 5.97 Å². The second kappa shape index (κ2) is 11.3. The topological polar surface area (TPSA) is 96.7 Å². The van der Waals surface area contributed by atoms with Crippen LogP contribution in [-0.4, -0.2) is 40.5 Å². The molecule has 1 fully saturated rings. The first-order chi connectivity index (χ1) is 18.5. The highest BCUT2D eigenvalue weighted by Gasteiger charge is 2.41. The van der Waals surface area contributed by atoms with Crippen LogP contribution >= 0.6 is 12.2 Å². The Morgan fingerprint density at radius 3 is 2.63 bits per heavy atom. The lowest BCUT2D eigenvalue weighted by Gasteiger charge is -2.25. The number of hydrogen-bond donors (Lipinski definition) is 2. The number of ether oxygens (including phenoxy) is 1. The molecular formula is C29H26N4O4S. The number of hydrogen-bond acceptors (Lipinski definition) is 6. The number of esters is 1. The van der Waals surface area contributed by atoms with Crippen LogP contribution in [0.3, 0.4) is 0 Å². The van der Waals surface area contributed by atoms with Gasteiger partial charge >= 0.3 is 5.97 Å². The Morgan fingerprint density at radius 1 is 1.05 bits per heavy atom. The van der Waals surface area contributed by atoms with E-state index in [9.17, 15) is 9.59 Å². The van der Waals surface area contributed by atoms with Crippen molar-refractivity contribution in [2.45, 2.75) is 18.5 Å². The third kappa shape index (κ3) is 5.42. The predicted octanol–water partition coefficient (Wildman–Crippen LogP) is 5.13. The van der Waals surface area contributed by atoms with Crippen LogP contribution in [0.15, 0.2) is 95.5 Å². The molecule has 5 rings (SSSR count). The highest BCUT2D eigenvalue weighted by atomic mass is 32.1. The Morgan fingerprint density at radius 2 is 1.87 bits per heavy atom. The van der Waals surface area contributed by atoms with Crippen LogP contribution in [0.1, 0.15) is 40.3 Å². The fourth-order valence-electron chi connectivity index (χ4n) is 4.51. The number of furan rings is 1. The third-order valence-electron chi connectivity index (χ3n) is 6.32. The van der Waals surface area contributed by atoms with E-state index in [4.69, 9.17) is 21.4 Å². The summed E-state index contributed by atoms with van der Waals surface area (Å²) in [5, 5.41) is 6.80. The number of anilines is 1. The number of para-hydroxylation sites is 1. The molecule has 0 spiro atoms. The second-order valence-electron chi connectivity index (χ2n) is 8.76. The standard InChI is InChI=1S/C29H26N4O4S/c1-36-28(35)20-9-7-8-19(18-20)23-13-14-24(37-23)27-26(22-12-5-6-16-30-22)32-29(38)33(27)17-15-25(34)31-21-10-3-2-4-11-21/h2-14,16,18,26-27H,15,17H2,1H3,(H,31,34)(H,32,38)/t26-,27+/m0/s1. The number of carbonyl (C=O) groups excluding carboxylic acids is 2. The zero-order valence-electron chi connectivity index (χ0n) is 20.7. The van der Waals surface area contributed by atoms with E-state index in [1.54, 1.807) is 24.4 Å². The molecule has 8 nitrogen and oxygen atoms in total. The van der Waals surface area contributed by atoms with Gasteiger partial charge in [0.05, 0.1) is 24.4 Å². The van der Waals surface area contributed by atoms with Crippen LogP contribution in [0.5, 0.6) is 0 Å². The van der Waals surface area contributed by atoms with Gasteiger partial charge in [-0.05, 0) is 60.7 Å². The molecule has 0 unspecified atom stereocenters. The highest BCUT2D eigenvalue weighted by molar-refractivity contribution is 7.80. The van der Waals surface area contributed by atoms with E-state index in [1.807, 2.05) is 71.6 Å². The lowest BCUT2D eigenvalue weighted by molar-refractivity contribution is -0.116. The molecule has 0 aliphatic carbocycles. The molecule has 2 aromatic heterocycles. The number of thiocarbonyl (C=S) groups is 1. The Kier molecular flexibility index (Phi) is 7.46. The first-order valence-electron chi connectivity index (χ1n) is 12.1. The van der Waals surface area contributed by atoms with Gasteiger partial charge in [0.25, 0.3) is 0 Å². The highest BCUT2D eigenvalue weighted by Crippen LogP contribution is 2.40. The van der Waals surface area contributed by atoms with Crippen LogP contribution < -0.4 is 10.6 Å². The number of nitrogens with one attached hydrogen (secondary N) is 2. The van der Waals surface area contributed by atoms with Crippen molar-refractivity contribution < 1.29 is 18.7 Å². The number of pyridine rings is 1. The van der Waals surface area contributed by atoms with Crippen molar-refractivity contribution in [1.29, 1.82) is 0 Å². The van der Waals surface area contributed by atoms with Crippen molar-refractivity contribution in [1.82, 2.24) is 15.2 Å². The van der Waals surface area contributed by atoms with Gasteiger partial charge < -0.3 is 24.7 Å². The number of amides is 1. The van der Waals surface area contributed by atoms with Gasteiger partial charge in [-0.3, -0.25) is 9.78 Å². The predicted molar refractivity (Wildman–Crippen MR) is 147 cm³/mol. The monoisotopic (exact) mass is 526 g/mol. The summed E-state index contributed by atoms with van der Waals surface area (Å²) in [6.45, 7) is 0.381. The minimum Gasteiger partial charge on any atom is -0.465 e. The van der Waals surface area contributed by atoms with Crippen molar-refractivity contribution >= 4 is 34.9 Å². The zero-order valence-corrected chi connectivity index (χ0v) is 21.5. The molecule has 2 aromatic carbocycles. The smallest absolute Gasteiger partial charge is 0.337 e. The van der Waals surface area contributed by atoms with E-state index in [0.29, 0.717) is 28.7 Å². The van der Waals surface area contributed by atoms with Gasteiger partial charge in [-0.15, -0.1) is 0 Å². The van der Waals surface area contributed by atoms with Crippen LogP contribution in [0.25, 0.3) is 11.3 Å². The molecular weight excluding hydrogens is 500 g/mol. The molecule has 4 aromatic rings. The SMILES string of the molecule is COC(=O)c1cccc(-c2ccc([C@@H]3[C@H](c4ccccn4)NC(=S)N3CCC(=O)Nc3ccccc3)o2)c1. The number of aromatic nitrogens is 1. The largest absolute Gasteiger partial charge is 0.465 e. The molecule has 2 atom stereocenters. The summed E-state index contributed by atoms with van der Waals surface area (Å²) in [5.74, 6) is 0.734. The number of benzene rings is 2. The number of methoxy groups -OCH3 is 1. The summed E-state index contributed by atoms with van der Waals surface area (Å²) >= 11 is 5.70. The summed E-state index contributed by atoms with van der Waals surface area (Å²) in [5.41, 5.74) is 2.73. The van der Waals surface area contributed by atoms with Crippen LogP contribution in [0.2, 0.25) is 0 Å². The van der Waals surface area contributed by atoms with Gasteiger partial charge in [-0.25, -0.2) is 4.79 Å². The summed E-state index contributed by atoms with van der Waals surface area (Å²) in [6, 6.07) is 25.3. The van der Waals surface area contributed by atoms with Crippen molar-refractivity contribution in [3.63, 3.8) is 0 Å². The molecule has 192 valence electrons. The van der Waals surface area contributed by atoms with Crippen molar-refractivity contribution in [3.8, 4) is 11.3 Å². The Balaban J connectivity index is 1.41. The van der Waals surface area contributed by atoms with Crippen molar-refractivity contribution in [2.24, 2.45) is 0 Å². The fraction of sp³-hybridized carbons (Fsp3) is 0.172. The van der Waals surface area contributed by atoms with Crippen LogP contribution in [0.4, 0.5) is 5.69 Å². The average Bonchev–Trinajstić information content (AvgIpc) is 3.57. The lowest BCUT2D eigenvalue weighted by Crippen LogP contribution is -2.32. The van der Waals surface area contributed by atoms with Gasteiger partial charge in [-0.1, -0.05) is 36.4 Å². The van der Waals surface area contributed by atoms with Gasteiger partial charge in [0.2, 0.25) is 5.91 Å². The molecule has 1 saturated heterocycles. The van der Waals surface area contributed by atoms with Crippen molar-refractivity contribution in [2.75, 3.05) is 19.0 Å². The van der Waals surface area contributed by atoms with Crippen LogP contribution in [0, 0.1) is 0 Å². The molecule has 9 heteroatoms. The summed E-state index contributed by atoms with van der Waals surface area (Å²) in [4.78, 5) is 31.2. The molecule has 2 N–H and O–H groups in total. The summed E-state index contributed by atoms with van der Waals surface area (Å²) in [6.07, 6.45) is 1.97. The summed E-state index contributed by atoms with van der Waals surface area (Å²) < 4.78 is 11.2. The Labute approximate surface area is 225 Å². The molecule has 1 amide bonds. The van der Waals surface area contributed by atoms with E-state index >= 15 is 0 Å². The van der Waals surface area contributed by atoms with Gasteiger partial charge in [0.15, 0.2) is 5.11 Å². The van der Waals surface area contributed by atoms with E-state index in [2.05, 4.69) is 15.6 Å².